The Balaban J connectivity index is 1.36. The second-order valence-corrected chi connectivity index (χ2v) is 10.8. The molecule has 0 spiro atoms. The van der Waals surface area contributed by atoms with Crippen LogP contribution in [-0.2, 0) is 4.79 Å². The lowest BCUT2D eigenvalue weighted by molar-refractivity contribution is -0.111. The number of β-amino-alcohol motifs (C(OH)–C–C–N with tert-alkyl or cyclic N) is 1. The van der Waals surface area contributed by atoms with Crippen LogP contribution in [0.15, 0.2) is 79.5 Å². The number of anilines is 4. The van der Waals surface area contributed by atoms with Crippen molar-refractivity contribution in [1.29, 1.82) is 5.26 Å². The fourth-order valence-electron chi connectivity index (χ4n) is 5.11. The molecule has 1 aliphatic rings. The molecule has 0 unspecified atom stereocenters. The lowest BCUT2D eigenvalue weighted by Gasteiger charge is -2.38. The molecule has 1 saturated heterocycles. The maximum atomic E-state index is 11.8. The first-order chi connectivity index (χ1) is 19.7. The number of nitrogens with one attached hydrogen (secondary N) is 2. The topological polar surface area (TPSA) is 117 Å². The fourth-order valence-corrected chi connectivity index (χ4v) is 5.11. The predicted molar refractivity (Wildman–Crippen MR) is 163 cm³/mol. The number of piperazine rings is 1. The molecule has 2 heterocycles. The lowest BCUT2D eigenvalue weighted by atomic mass is 10.0. The molecule has 5 rings (SSSR count). The van der Waals surface area contributed by atoms with E-state index in [2.05, 4.69) is 38.1 Å². The Hall–Kier alpha value is -4.78. The van der Waals surface area contributed by atoms with Gasteiger partial charge in [0.2, 0.25) is 11.9 Å². The van der Waals surface area contributed by atoms with Gasteiger partial charge in [0, 0.05) is 61.2 Å². The van der Waals surface area contributed by atoms with Crippen molar-refractivity contribution >= 4 is 39.8 Å². The highest BCUT2D eigenvalue weighted by molar-refractivity contribution is 6.00. The number of fused-ring (bicyclic) bond motifs is 1. The molecular formula is C32H33N7O2. The Kier molecular flexibility index (Phi) is 7.97. The summed E-state index contributed by atoms with van der Waals surface area (Å²) in [6, 6.07) is 21.5. The van der Waals surface area contributed by atoms with E-state index in [-0.39, 0.29) is 5.91 Å². The fraction of sp³-hybridized carbons (Fsp3) is 0.250. The summed E-state index contributed by atoms with van der Waals surface area (Å²) in [5.41, 5.74) is 4.69. The van der Waals surface area contributed by atoms with Gasteiger partial charge in [-0.15, -0.1) is 0 Å². The van der Waals surface area contributed by atoms with Crippen molar-refractivity contribution in [1.82, 2.24) is 14.9 Å². The van der Waals surface area contributed by atoms with E-state index < -0.39 is 5.60 Å². The van der Waals surface area contributed by atoms with E-state index in [4.69, 9.17) is 4.98 Å². The van der Waals surface area contributed by atoms with Crippen LogP contribution >= 0.6 is 0 Å². The van der Waals surface area contributed by atoms with Gasteiger partial charge in [0.25, 0.3) is 0 Å². The first-order valence-corrected chi connectivity index (χ1v) is 13.5. The summed E-state index contributed by atoms with van der Waals surface area (Å²) in [5.74, 6) is 0.141. The highest BCUT2D eigenvalue weighted by Crippen LogP contribution is 2.31. The number of benzene rings is 3. The minimum absolute atomic E-state index is 0.273. The van der Waals surface area contributed by atoms with Crippen LogP contribution in [0.25, 0.3) is 22.0 Å². The molecule has 1 amide bonds. The molecular weight excluding hydrogens is 514 g/mol. The summed E-state index contributed by atoms with van der Waals surface area (Å²) in [6.07, 6.45) is 3.00. The van der Waals surface area contributed by atoms with E-state index in [1.807, 2.05) is 74.5 Å². The zero-order valence-corrected chi connectivity index (χ0v) is 23.3. The Bertz CT molecular complexity index is 1630. The third-order valence-corrected chi connectivity index (χ3v) is 6.93. The van der Waals surface area contributed by atoms with Crippen molar-refractivity contribution in [3.05, 3.63) is 85.1 Å². The number of hydrogen-bond acceptors (Lipinski definition) is 8. The van der Waals surface area contributed by atoms with Gasteiger partial charge in [-0.05, 0) is 55.8 Å². The number of nitriles is 1. The number of amides is 1. The summed E-state index contributed by atoms with van der Waals surface area (Å²) in [7, 11) is 0. The van der Waals surface area contributed by atoms with E-state index in [1.165, 1.54) is 6.08 Å². The van der Waals surface area contributed by atoms with Gasteiger partial charge in [0.05, 0.1) is 22.4 Å². The molecule has 3 aromatic carbocycles. The average Bonchev–Trinajstić information content (AvgIpc) is 2.96. The van der Waals surface area contributed by atoms with Gasteiger partial charge >= 0.3 is 0 Å². The molecule has 9 nitrogen and oxygen atoms in total. The highest BCUT2D eigenvalue weighted by Gasteiger charge is 2.24. The Labute approximate surface area is 239 Å². The number of rotatable bonds is 8. The van der Waals surface area contributed by atoms with E-state index in [1.54, 1.807) is 6.20 Å². The Morgan fingerprint density at radius 1 is 1.10 bits per heavy atom. The van der Waals surface area contributed by atoms with E-state index in [0.717, 1.165) is 59.6 Å². The van der Waals surface area contributed by atoms with Gasteiger partial charge in [0.15, 0.2) is 0 Å². The molecule has 1 fully saturated rings. The first-order valence-electron chi connectivity index (χ1n) is 13.5. The molecule has 0 radical (unpaired) electrons. The molecule has 0 saturated carbocycles. The molecule has 208 valence electrons. The number of para-hydroxylation sites is 1. The van der Waals surface area contributed by atoms with Crippen LogP contribution in [0.4, 0.5) is 23.0 Å². The maximum Gasteiger partial charge on any atom is 0.247 e. The van der Waals surface area contributed by atoms with Crippen LogP contribution < -0.4 is 15.5 Å². The largest absolute Gasteiger partial charge is 0.389 e. The number of carbonyl (C=O) groups excluding carboxylic acids is 1. The summed E-state index contributed by atoms with van der Waals surface area (Å²) >= 11 is 0. The van der Waals surface area contributed by atoms with Gasteiger partial charge in [-0.1, -0.05) is 36.9 Å². The van der Waals surface area contributed by atoms with Gasteiger partial charge in [-0.3, -0.25) is 9.69 Å². The molecule has 0 aliphatic carbocycles. The number of nitrogens with zero attached hydrogens (tertiary/aromatic N) is 5. The Morgan fingerprint density at radius 2 is 1.88 bits per heavy atom. The number of hydrogen-bond donors (Lipinski definition) is 3. The summed E-state index contributed by atoms with van der Waals surface area (Å²) in [6.45, 7) is 11.0. The zero-order chi connectivity index (χ0) is 29.0. The third-order valence-electron chi connectivity index (χ3n) is 6.93. The standard InChI is InChI=1S/C32H33N7O2/c1-4-29(40)35-25-9-5-7-22(17-25)27-10-6-8-23-20-34-31(37-30(23)27)36-26-11-12-28(24(18-26)19-33)39-15-13-38(14-16-39)21-32(2,3)41/h4-12,17-18,20,41H,1,13-16,21H2,2-3H3,(H,35,40)(H,34,36,37). The average molecular weight is 548 g/mol. The van der Waals surface area contributed by atoms with Gasteiger partial charge in [-0.25, -0.2) is 9.97 Å². The summed E-state index contributed by atoms with van der Waals surface area (Å²) in [4.78, 5) is 25.6. The molecule has 1 aromatic heterocycles. The van der Waals surface area contributed by atoms with Crippen LogP contribution in [0.1, 0.15) is 19.4 Å². The first kappa shape index (κ1) is 27.8. The van der Waals surface area contributed by atoms with Crippen LogP contribution in [0.5, 0.6) is 0 Å². The second kappa shape index (κ2) is 11.8. The smallest absolute Gasteiger partial charge is 0.247 e. The molecule has 1 aliphatic heterocycles. The minimum atomic E-state index is -0.730. The quantitative estimate of drug-likeness (QED) is 0.266. The molecule has 4 aromatic rings. The van der Waals surface area contributed by atoms with E-state index in [0.29, 0.717) is 23.7 Å². The second-order valence-electron chi connectivity index (χ2n) is 10.8. The van der Waals surface area contributed by atoms with Crippen molar-refractivity contribution in [3.8, 4) is 17.2 Å². The van der Waals surface area contributed by atoms with Crippen LogP contribution in [0, 0.1) is 11.3 Å². The molecule has 9 heteroatoms. The molecule has 0 bridgehead atoms. The summed E-state index contributed by atoms with van der Waals surface area (Å²) < 4.78 is 0. The molecule has 3 N–H and O–H groups in total. The number of aliphatic hydroxyl groups is 1. The van der Waals surface area contributed by atoms with Crippen molar-refractivity contribution in [3.63, 3.8) is 0 Å². The van der Waals surface area contributed by atoms with Crippen molar-refractivity contribution < 1.29 is 9.90 Å². The van der Waals surface area contributed by atoms with Crippen molar-refractivity contribution in [2.45, 2.75) is 19.4 Å². The maximum absolute atomic E-state index is 11.8. The van der Waals surface area contributed by atoms with Crippen LogP contribution in [0.2, 0.25) is 0 Å². The van der Waals surface area contributed by atoms with Crippen LogP contribution in [-0.4, -0.2) is 64.2 Å². The summed E-state index contributed by atoms with van der Waals surface area (Å²) in [5, 5.41) is 27.0. The predicted octanol–water partition coefficient (Wildman–Crippen LogP) is 4.93. The van der Waals surface area contributed by atoms with Crippen molar-refractivity contribution in [2.24, 2.45) is 0 Å². The SMILES string of the molecule is C=CC(=O)Nc1cccc(-c2cccc3cnc(Nc4ccc(N5CCN(CC(C)(C)O)CC5)c(C#N)c4)nc23)c1. The number of carbonyl (C=O) groups is 1. The van der Waals surface area contributed by atoms with Gasteiger partial charge in [0.1, 0.15) is 6.07 Å². The molecule has 0 atom stereocenters. The highest BCUT2D eigenvalue weighted by atomic mass is 16.3. The lowest BCUT2D eigenvalue weighted by Crippen LogP contribution is -2.50. The normalized spacial score (nSPS) is 14.0. The number of aromatic nitrogens is 2. The monoisotopic (exact) mass is 547 g/mol. The van der Waals surface area contributed by atoms with E-state index in [9.17, 15) is 15.2 Å². The van der Waals surface area contributed by atoms with Crippen LogP contribution in [0.3, 0.4) is 0 Å². The van der Waals surface area contributed by atoms with E-state index >= 15 is 0 Å². The zero-order valence-electron chi connectivity index (χ0n) is 23.3. The minimum Gasteiger partial charge on any atom is -0.389 e. The van der Waals surface area contributed by atoms with Gasteiger partial charge in [-0.2, -0.15) is 5.26 Å². The van der Waals surface area contributed by atoms with Crippen molar-refractivity contribution in [2.75, 3.05) is 48.3 Å². The van der Waals surface area contributed by atoms with Gasteiger partial charge < -0.3 is 20.6 Å². The Morgan fingerprint density at radius 3 is 2.61 bits per heavy atom. The molecule has 41 heavy (non-hydrogen) atoms. The third kappa shape index (κ3) is 6.69.